The highest BCUT2D eigenvalue weighted by molar-refractivity contribution is 9.10. The average molecular weight is 339 g/mol. The number of aromatic nitrogens is 1. The monoisotopic (exact) mass is 338 g/mol. The second-order valence-electron chi connectivity index (χ2n) is 4.91. The third kappa shape index (κ3) is 3.35. The van der Waals surface area contributed by atoms with Crippen molar-refractivity contribution in [2.75, 3.05) is 7.11 Å². The zero-order valence-corrected chi connectivity index (χ0v) is 12.9. The maximum Gasteiger partial charge on any atom is 0.141 e. The van der Waals surface area contributed by atoms with E-state index in [-0.39, 0.29) is 5.82 Å². The molecule has 1 aromatic heterocycles. The summed E-state index contributed by atoms with van der Waals surface area (Å²) < 4.78 is 19.1. The van der Waals surface area contributed by atoms with Crippen molar-refractivity contribution in [3.8, 4) is 5.75 Å². The SMILES string of the molecule is COc1ccc(Br)c(CC(C)(N)c2ccc(F)cn2)c1. The van der Waals surface area contributed by atoms with Crippen LogP contribution in [0, 0.1) is 5.82 Å². The lowest BCUT2D eigenvalue weighted by atomic mass is 9.90. The van der Waals surface area contributed by atoms with Crippen LogP contribution in [0.5, 0.6) is 5.75 Å². The van der Waals surface area contributed by atoms with Gasteiger partial charge in [0, 0.05) is 4.47 Å². The third-order valence-electron chi connectivity index (χ3n) is 3.12. The smallest absolute Gasteiger partial charge is 0.141 e. The standard InChI is InChI=1S/C15H16BrFN2O/c1-15(18,14-6-3-11(17)9-19-14)8-10-7-12(20-2)4-5-13(10)16/h3-7,9H,8,18H2,1-2H3. The van der Waals surface area contributed by atoms with Crippen molar-refractivity contribution in [1.82, 2.24) is 4.98 Å². The lowest BCUT2D eigenvalue weighted by molar-refractivity contribution is 0.412. The third-order valence-corrected chi connectivity index (χ3v) is 3.90. The van der Waals surface area contributed by atoms with Crippen molar-refractivity contribution < 1.29 is 9.13 Å². The molecule has 0 bridgehead atoms. The minimum atomic E-state index is -0.692. The molecule has 2 rings (SSSR count). The Balaban J connectivity index is 2.29. The van der Waals surface area contributed by atoms with E-state index in [0.29, 0.717) is 12.1 Å². The van der Waals surface area contributed by atoms with Crippen molar-refractivity contribution in [3.05, 3.63) is 58.1 Å². The molecule has 0 aliphatic heterocycles. The van der Waals surface area contributed by atoms with Gasteiger partial charge < -0.3 is 10.5 Å². The zero-order valence-electron chi connectivity index (χ0n) is 11.4. The van der Waals surface area contributed by atoms with Crippen molar-refractivity contribution in [2.24, 2.45) is 5.73 Å². The maximum atomic E-state index is 12.9. The number of hydrogen-bond donors (Lipinski definition) is 1. The number of nitrogens with zero attached hydrogens (tertiary/aromatic N) is 1. The molecule has 0 spiro atoms. The molecule has 0 aliphatic rings. The molecule has 1 heterocycles. The molecular formula is C15H16BrFN2O. The summed E-state index contributed by atoms with van der Waals surface area (Å²) in [6.07, 6.45) is 1.74. The van der Waals surface area contributed by atoms with Crippen molar-refractivity contribution in [1.29, 1.82) is 0 Å². The van der Waals surface area contributed by atoms with Gasteiger partial charge in [-0.15, -0.1) is 0 Å². The Kier molecular flexibility index (Phi) is 4.40. The van der Waals surface area contributed by atoms with Crippen LogP contribution < -0.4 is 10.5 Å². The molecular weight excluding hydrogens is 323 g/mol. The average Bonchev–Trinajstić information content (AvgIpc) is 2.41. The van der Waals surface area contributed by atoms with E-state index in [0.717, 1.165) is 15.8 Å². The number of pyridine rings is 1. The minimum Gasteiger partial charge on any atom is -0.497 e. The van der Waals surface area contributed by atoms with E-state index < -0.39 is 5.54 Å². The molecule has 2 aromatic rings. The fourth-order valence-corrected chi connectivity index (χ4v) is 2.40. The van der Waals surface area contributed by atoms with Crippen LogP contribution in [0.4, 0.5) is 4.39 Å². The molecule has 0 aliphatic carbocycles. The Morgan fingerprint density at radius 1 is 1.35 bits per heavy atom. The minimum absolute atomic E-state index is 0.368. The fourth-order valence-electron chi connectivity index (χ4n) is 2.01. The van der Waals surface area contributed by atoms with Crippen molar-refractivity contribution >= 4 is 15.9 Å². The highest BCUT2D eigenvalue weighted by Gasteiger charge is 2.24. The molecule has 20 heavy (non-hydrogen) atoms. The van der Waals surface area contributed by atoms with Gasteiger partial charge in [0.15, 0.2) is 0 Å². The molecule has 5 heteroatoms. The van der Waals surface area contributed by atoms with Crippen LogP contribution in [-0.2, 0) is 12.0 Å². The number of rotatable bonds is 4. The quantitative estimate of drug-likeness (QED) is 0.929. The summed E-state index contributed by atoms with van der Waals surface area (Å²) in [5.74, 6) is 0.401. The van der Waals surface area contributed by atoms with Crippen molar-refractivity contribution in [2.45, 2.75) is 18.9 Å². The molecule has 0 saturated heterocycles. The highest BCUT2D eigenvalue weighted by atomic mass is 79.9. The van der Waals surface area contributed by atoms with Gasteiger partial charge in [0.2, 0.25) is 0 Å². The van der Waals surface area contributed by atoms with Gasteiger partial charge in [-0.25, -0.2) is 4.39 Å². The van der Waals surface area contributed by atoms with Crippen LogP contribution in [-0.4, -0.2) is 12.1 Å². The summed E-state index contributed by atoms with van der Waals surface area (Å²) in [6.45, 7) is 1.87. The van der Waals surface area contributed by atoms with Gasteiger partial charge in [-0.05, 0) is 49.2 Å². The Morgan fingerprint density at radius 3 is 2.70 bits per heavy atom. The highest BCUT2D eigenvalue weighted by Crippen LogP contribution is 2.28. The van der Waals surface area contributed by atoms with Gasteiger partial charge in [0.25, 0.3) is 0 Å². The maximum absolute atomic E-state index is 12.9. The molecule has 3 nitrogen and oxygen atoms in total. The van der Waals surface area contributed by atoms with E-state index in [1.54, 1.807) is 13.2 Å². The van der Waals surface area contributed by atoms with E-state index in [4.69, 9.17) is 10.5 Å². The number of benzene rings is 1. The Hall–Kier alpha value is -1.46. The summed E-state index contributed by atoms with van der Waals surface area (Å²) in [6, 6.07) is 8.70. The summed E-state index contributed by atoms with van der Waals surface area (Å²) >= 11 is 3.50. The van der Waals surface area contributed by atoms with Crippen LogP contribution in [0.1, 0.15) is 18.2 Å². The van der Waals surface area contributed by atoms with E-state index in [2.05, 4.69) is 20.9 Å². The van der Waals surface area contributed by atoms with Gasteiger partial charge in [0.05, 0.1) is 24.5 Å². The molecule has 1 aromatic carbocycles. The number of nitrogens with two attached hydrogens (primary N) is 1. The van der Waals surface area contributed by atoms with Crippen LogP contribution in [0.3, 0.4) is 0 Å². The first-order valence-corrected chi connectivity index (χ1v) is 6.95. The van der Waals surface area contributed by atoms with Crippen LogP contribution in [0.2, 0.25) is 0 Å². The van der Waals surface area contributed by atoms with Gasteiger partial charge in [-0.3, -0.25) is 4.98 Å². The normalized spacial score (nSPS) is 13.8. The largest absolute Gasteiger partial charge is 0.497 e. The van der Waals surface area contributed by atoms with Crippen LogP contribution in [0.25, 0.3) is 0 Å². The molecule has 2 N–H and O–H groups in total. The molecule has 0 fully saturated rings. The van der Waals surface area contributed by atoms with E-state index in [1.807, 2.05) is 25.1 Å². The Bertz CT molecular complexity index is 599. The summed E-state index contributed by atoms with van der Waals surface area (Å²) in [4.78, 5) is 4.07. The van der Waals surface area contributed by atoms with Gasteiger partial charge >= 0.3 is 0 Å². The Morgan fingerprint density at radius 2 is 2.10 bits per heavy atom. The van der Waals surface area contributed by atoms with Crippen LogP contribution >= 0.6 is 15.9 Å². The molecule has 0 saturated carbocycles. The predicted octanol–water partition coefficient (Wildman–Crippen LogP) is 3.41. The first kappa shape index (κ1) is 14.9. The number of hydrogen-bond acceptors (Lipinski definition) is 3. The molecule has 0 radical (unpaired) electrons. The second kappa shape index (κ2) is 5.89. The van der Waals surface area contributed by atoms with Gasteiger partial charge in [-0.1, -0.05) is 15.9 Å². The number of halogens is 2. The summed E-state index contributed by atoms with van der Waals surface area (Å²) in [5.41, 5.74) is 7.30. The molecule has 106 valence electrons. The second-order valence-corrected chi connectivity index (χ2v) is 5.77. The summed E-state index contributed by atoms with van der Waals surface area (Å²) in [5, 5.41) is 0. The van der Waals surface area contributed by atoms with Gasteiger partial charge in [0.1, 0.15) is 11.6 Å². The summed E-state index contributed by atoms with van der Waals surface area (Å²) in [7, 11) is 1.62. The molecule has 1 atom stereocenters. The van der Waals surface area contributed by atoms with E-state index in [9.17, 15) is 4.39 Å². The fraction of sp³-hybridized carbons (Fsp3) is 0.267. The first-order valence-electron chi connectivity index (χ1n) is 6.16. The number of ether oxygens (including phenoxy) is 1. The van der Waals surface area contributed by atoms with E-state index >= 15 is 0 Å². The topological polar surface area (TPSA) is 48.1 Å². The van der Waals surface area contributed by atoms with Crippen LogP contribution in [0.15, 0.2) is 41.0 Å². The Labute approximate surface area is 126 Å². The lowest BCUT2D eigenvalue weighted by Crippen LogP contribution is -2.36. The molecule has 0 amide bonds. The zero-order chi connectivity index (χ0) is 14.8. The first-order chi connectivity index (χ1) is 9.42. The van der Waals surface area contributed by atoms with E-state index in [1.165, 1.54) is 12.3 Å². The van der Waals surface area contributed by atoms with Gasteiger partial charge in [-0.2, -0.15) is 0 Å². The lowest BCUT2D eigenvalue weighted by Gasteiger charge is -2.25. The molecule has 1 unspecified atom stereocenters. The van der Waals surface area contributed by atoms with Crippen molar-refractivity contribution in [3.63, 3.8) is 0 Å². The number of methoxy groups -OCH3 is 1. The predicted molar refractivity (Wildman–Crippen MR) is 80.1 cm³/mol.